The largest absolute Gasteiger partial charge is 0.481 e. The quantitative estimate of drug-likeness (QED) is 0.296. The van der Waals surface area contributed by atoms with Crippen LogP contribution in [-0.2, 0) is 25.6 Å². The Morgan fingerprint density at radius 3 is 2.53 bits per heavy atom. The third-order valence-electron chi connectivity index (χ3n) is 4.13. The van der Waals surface area contributed by atoms with Crippen molar-refractivity contribution in [3.8, 4) is 0 Å². The van der Waals surface area contributed by atoms with Crippen molar-refractivity contribution >= 4 is 51.7 Å². The van der Waals surface area contributed by atoms with E-state index in [1.165, 1.54) is 11.8 Å². The standard InChI is InChI=1S/C23H24N4O5S2/c1-15(2)14-32-27(16-8-4-3-5-9-16)20(29)13-18(28)26-23-25-17(12-21(30)31)22(34-23)33-19-10-6-7-11-24-19/h3-11,15H,12-14H2,1-2H3,(H,30,31)(H,25,26,28). The van der Waals surface area contributed by atoms with Gasteiger partial charge < -0.3 is 10.4 Å². The van der Waals surface area contributed by atoms with E-state index in [1.807, 2.05) is 26.0 Å². The third kappa shape index (κ3) is 7.65. The maximum atomic E-state index is 12.8. The number of carboxylic acid groups (broad SMARTS) is 1. The second-order valence-corrected chi connectivity index (χ2v) is 9.82. The lowest BCUT2D eigenvalue weighted by Crippen LogP contribution is -2.35. The number of pyridine rings is 1. The molecule has 0 saturated heterocycles. The molecule has 0 unspecified atom stereocenters. The number of anilines is 2. The first kappa shape index (κ1) is 25.3. The molecular formula is C23H24N4O5S2. The topological polar surface area (TPSA) is 122 Å². The first-order valence-electron chi connectivity index (χ1n) is 10.4. The van der Waals surface area contributed by atoms with Crippen LogP contribution in [0.3, 0.4) is 0 Å². The molecule has 0 aliphatic heterocycles. The molecule has 0 radical (unpaired) electrons. The zero-order valence-corrected chi connectivity index (χ0v) is 20.3. The number of aromatic nitrogens is 2. The number of carbonyl (C=O) groups excluding carboxylic acids is 2. The van der Waals surface area contributed by atoms with E-state index in [-0.39, 0.29) is 17.5 Å². The molecule has 2 heterocycles. The molecule has 0 atom stereocenters. The zero-order valence-electron chi connectivity index (χ0n) is 18.6. The Hall–Kier alpha value is -3.28. The predicted molar refractivity (Wildman–Crippen MR) is 130 cm³/mol. The number of hydrogen-bond donors (Lipinski definition) is 2. The number of carbonyl (C=O) groups is 3. The minimum Gasteiger partial charge on any atom is -0.481 e. The Bertz CT molecular complexity index is 1120. The molecule has 3 aromatic rings. The van der Waals surface area contributed by atoms with E-state index in [2.05, 4.69) is 15.3 Å². The van der Waals surface area contributed by atoms with E-state index >= 15 is 0 Å². The number of hydrogen-bond acceptors (Lipinski definition) is 8. The number of benzene rings is 1. The van der Waals surface area contributed by atoms with Crippen LogP contribution in [-0.4, -0.2) is 39.5 Å². The van der Waals surface area contributed by atoms with E-state index in [9.17, 15) is 19.5 Å². The van der Waals surface area contributed by atoms with Crippen molar-refractivity contribution in [2.45, 2.75) is 35.9 Å². The first-order valence-corrected chi connectivity index (χ1v) is 12.1. The van der Waals surface area contributed by atoms with Crippen molar-refractivity contribution in [2.75, 3.05) is 17.0 Å². The number of nitrogens with one attached hydrogen (secondary N) is 1. The predicted octanol–water partition coefficient (Wildman–Crippen LogP) is 4.27. The minimum atomic E-state index is -1.04. The van der Waals surface area contributed by atoms with Gasteiger partial charge in [0.25, 0.3) is 5.91 Å². The van der Waals surface area contributed by atoms with Gasteiger partial charge in [-0.3, -0.25) is 19.2 Å². The van der Waals surface area contributed by atoms with Crippen molar-refractivity contribution in [1.29, 1.82) is 0 Å². The van der Waals surface area contributed by atoms with Gasteiger partial charge in [-0.2, -0.15) is 5.06 Å². The van der Waals surface area contributed by atoms with E-state index in [0.29, 0.717) is 27.2 Å². The van der Waals surface area contributed by atoms with E-state index in [1.54, 1.807) is 42.6 Å². The summed E-state index contributed by atoms with van der Waals surface area (Å²) in [5, 5.41) is 13.8. The van der Waals surface area contributed by atoms with E-state index in [4.69, 9.17) is 4.84 Å². The highest BCUT2D eigenvalue weighted by atomic mass is 32.2. The van der Waals surface area contributed by atoms with Crippen molar-refractivity contribution in [1.82, 2.24) is 9.97 Å². The molecule has 11 heteroatoms. The number of hydroxylamine groups is 1. The molecule has 1 aromatic carbocycles. The molecule has 34 heavy (non-hydrogen) atoms. The summed E-state index contributed by atoms with van der Waals surface area (Å²) in [6.45, 7) is 4.22. The Morgan fingerprint density at radius 2 is 1.88 bits per heavy atom. The van der Waals surface area contributed by atoms with Gasteiger partial charge in [0.05, 0.1) is 28.6 Å². The van der Waals surface area contributed by atoms with Crippen LogP contribution in [0.2, 0.25) is 0 Å². The molecule has 178 valence electrons. The van der Waals surface area contributed by atoms with Crippen LogP contribution in [0.4, 0.5) is 10.8 Å². The lowest BCUT2D eigenvalue weighted by atomic mass is 10.2. The van der Waals surface area contributed by atoms with Crippen LogP contribution in [0.1, 0.15) is 26.0 Å². The molecule has 0 fully saturated rings. The molecule has 2 aromatic heterocycles. The first-order chi connectivity index (χ1) is 16.3. The van der Waals surface area contributed by atoms with E-state index < -0.39 is 24.2 Å². The second kappa shape index (κ2) is 12.3. The Labute approximate surface area is 205 Å². The molecular weight excluding hydrogens is 476 g/mol. The van der Waals surface area contributed by atoms with Gasteiger partial charge in [0.2, 0.25) is 5.91 Å². The van der Waals surface area contributed by atoms with Crippen molar-refractivity contribution < 1.29 is 24.3 Å². The van der Waals surface area contributed by atoms with Crippen LogP contribution in [0.15, 0.2) is 64.0 Å². The highest BCUT2D eigenvalue weighted by Crippen LogP contribution is 2.36. The van der Waals surface area contributed by atoms with Gasteiger partial charge in [0.15, 0.2) is 5.13 Å². The summed E-state index contributed by atoms with van der Waals surface area (Å²) in [6, 6.07) is 14.2. The molecule has 3 rings (SSSR count). The summed E-state index contributed by atoms with van der Waals surface area (Å²) in [7, 11) is 0. The summed E-state index contributed by atoms with van der Waals surface area (Å²) >= 11 is 2.40. The fourth-order valence-electron chi connectivity index (χ4n) is 2.68. The maximum absolute atomic E-state index is 12.8. The number of rotatable bonds is 11. The summed E-state index contributed by atoms with van der Waals surface area (Å²) < 4.78 is 0.605. The highest BCUT2D eigenvalue weighted by Gasteiger charge is 2.22. The van der Waals surface area contributed by atoms with Gasteiger partial charge in [0.1, 0.15) is 11.4 Å². The molecule has 0 spiro atoms. The fourth-order valence-corrected chi connectivity index (χ4v) is 4.76. The van der Waals surface area contributed by atoms with Crippen molar-refractivity contribution in [3.05, 3.63) is 60.4 Å². The highest BCUT2D eigenvalue weighted by molar-refractivity contribution is 8.01. The second-order valence-electron chi connectivity index (χ2n) is 7.53. The molecule has 0 bridgehead atoms. The Balaban J connectivity index is 1.71. The van der Waals surface area contributed by atoms with Crippen LogP contribution in [0.25, 0.3) is 0 Å². The summed E-state index contributed by atoms with van der Waals surface area (Å²) in [5.74, 6) is -1.97. The summed E-state index contributed by atoms with van der Waals surface area (Å²) in [6.07, 6.45) is 0.864. The molecule has 2 N–H and O–H groups in total. The normalized spacial score (nSPS) is 10.8. The smallest absolute Gasteiger partial charge is 0.309 e. The van der Waals surface area contributed by atoms with E-state index in [0.717, 1.165) is 16.4 Å². The SMILES string of the molecule is CC(C)CON(C(=O)CC(=O)Nc1nc(CC(=O)O)c(Sc2ccccn2)s1)c1ccccc1. The minimum absolute atomic E-state index is 0.186. The number of aliphatic carboxylic acids is 1. The number of carboxylic acids is 1. The molecule has 0 saturated carbocycles. The molecule has 2 amide bonds. The lowest BCUT2D eigenvalue weighted by molar-refractivity contribution is -0.136. The van der Waals surface area contributed by atoms with Crippen molar-refractivity contribution in [3.63, 3.8) is 0 Å². The number of amides is 2. The van der Waals surface area contributed by atoms with Gasteiger partial charge in [-0.15, -0.1) is 0 Å². The zero-order chi connectivity index (χ0) is 24.5. The van der Waals surface area contributed by atoms with Gasteiger partial charge >= 0.3 is 5.97 Å². The molecule has 0 aliphatic rings. The van der Waals surface area contributed by atoms with Crippen molar-refractivity contribution in [2.24, 2.45) is 5.92 Å². The lowest BCUT2D eigenvalue weighted by Gasteiger charge is -2.22. The van der Waals surface area contributed by atoms with Gasteiger partial charge in [-0.05, 0) is 30.2 Å². The van der Waals surface area contributed by atoms with Crippen LogP contribution in [0.5, 0.6) is 0 Å². The average Bonchev–Trinajstić information content (AvgIpc) is 3.14. The third-order valence-corrected chi connectivity index (χ3v) is 6.31. The monoisotopic (exact) mass is 500 g/mol. The summed E-state index contributed by atoms with van der Waals surface area (Å²) in [4.78, 5) is 50.9. The van der Waals surface area contributed by atoms with Crippen LogP contribution < -0.4 is 10.4 Å². The fraction of sp³-hybridized carbons (Fsp3) is 0.261. The van der Waals surface area contributed by atoms with Crippen LogP contribution in [0, 0.1) is 5.92 Å². The summed E-state index contributed by atoms with van der Waals surface area (Å²) in [5.41, 5.74) is 0.842. The van der Waals surface area contributed by atoms with Crippen LogP contribution >= 0.6 is 23.1 Å². The van der Waals surface area contributed by atoms with Gasteiger partial charge in [-0.1, -0.05) is 61.2 Å². The van der Waals surface area contributed by atoms with Gasteiger partial charge in [-0.25, -0.2) is 9.97 Å². The number of para-hydroxylation sites is 1. The number of nitrogens with zero attached hydrogens (tertiary/aromatic N) is 3. The maximum Gasteiger partial charge on any atom is 0.309 e. The average molecular weight is 501 g/mol. The Morgan fingerprint density at radius 1 is 1.15 bits per heavy atom. The number of thiazole rings is 1. The van der Waals surface area contributed by atoms with Gasteiger partial charge in [0, 0.05) is 6.20 Å². The molecule has 0 aliphatic carbocycles. The molecule has 9 nitrogen and oxygen atoms in total. The Kier molecular flexibility index (Phi) is 9.14.